The first-order valence-corrected chi connectivity index (χ1v) is 12.3. The van der Waals surface area contributed by atoms with Crippen molar-refractivity contribution in [2.75, 3.05) is 12.4 Å². The summed E-state index contributed by atoms with van der Waals surface area (Å²) in [5.41, 5.74) is 0.833. The molecule has 0 aliphatic heterocycles. The van der Waals surface area contributed by atoms with Gasteiger partial charge in [-0.15, -0.1) is 0 Å². The lowest BCUT2D eigenvalue weighted by Crippen LogP contribution is -2.14. The fourth-order valence-corrected chi connectivity index (χ4v) is 4.53. The van der Waals surface area contributed by atoms with Gasteiger partial charge in [-0.1, -0.05) is 24.3 Å². The minimum absolute atomic E-state index is 0.0325. The summed E-state index contributed by atoms with van der Waals surface area (Å²) in [6.45, 7) is 3.32. The van der Waals surface area contributed by atoms with Gasteiger partial charge in [0.25, 0.3) is 12.3 Å². The summed E-state index contributed by atoms with van der Waals surface area (Å²) in [4.78, 5) is 17.9. The lowest BCUT2D eigenvalue weighted by Gasteiger charge is -2.11. The number of rotatable bonds is 7. The summed E-state index contributed by atoms with van der Waals surface area (Å²) in [5.74, 6) is -0.260. The van der Waals surface area contributed by atoms with Crippen molar-refractivity contribution in [3.63, 3.8) is 0 Å². The molecule has 2 aromatic carbocycles. The molecule has 1 N–H and O–H groups in total. The lowest BCUT2D eigenvalue weighted by atomic mass is 10.1. The zero-order valence-corrected chi connectivity index (χ0v) is 22.0. The van der Waals surface area contributed by atoms with Crippen LogP contribution in [0.5, 0.6) is 5.75 Å². The van der Waals surface area contributed by atoms with Gasteiger partial charge < -0.3 is 10.1 Å². The smallest absolute Gasteiger partial charge is 0.416 e. The number of nitrogens with one attached hydrogen (secondary N) is 1. The number of carbonyl (C=O) groups is 1. The molecule has 0 atom stereocenters. The van der Waals surface area contributed by atoms with E-state index in [2.05, 4.69) is 20.5 Å². The van der Waals surface area contributed by atoms with E-state index in [4.69, 9.17) is 4.74 Å². The van der Waals surface area contributed by atoms with Crippen LogP contribution < -0.4 is 10.1 Å². The third kappa shape index (κ3) is 5.34. The number of halogens is 5. The lowest BCUT2D eigenvalue weighted by molar-refractivity contribution is -0.137. The SMILES string of the molecule is COc1ccccc1-c1cc(C(F)F)n2ncc(C(=O)Nc3c(C)nn(Cc4cccc(C(F)(F)F)c4)c3C)c2n1. The summed E-state index contributed by atoms with van der Waals surface area (Å²) in [6, 6.07) is 12.8. The molecule has 13 heteroatoms. The number of ether oxygens (including phenoxy) is 1. The third-order valence-corrected chi connectivity index (χ3v) is 6.56. The minimum atomic E-state index is -4.48. The summed E-state index contributed by atoms with van der Waals surface area (Å²) >= 11 is 0. The van der Waals surface area contributed by atoms with Crippen LogP contribution in [0.4, 0.5) is 27.6 Å². The summed E-state index contributed by atoms with van der Waals surface area (Å²) in [7, 11) is 1.45. The number of carbonyl (C=O) groups excluding carboxylic acids is 1. The molecule has 5 rings (SSSR count). The summed E-state index contributed by atoms with van der Waals surface area (Å²) in [6.07, 6.45) is -6.25. The maximum Gasteiger partial charge on any atom is 0.416 e. The second kappa shape index (κ2) is 10.6. The highest BCUT2D eigenvalue weighted by Crippen LogP contribution is 2.33. The normalized spacial score (nSPS) is 11.8. The predicted molar refractivity (Wildman–Crippen MR) is 140 cm³/mol. The second-order valence-corrected chi connectivity index (χ2v) is 9.22. The van der Waals surface area contributed by atoms with Gasteiger partial charge in [0.15, 0.2) is 5.65 Å². The quantitative estimate of drug-likeness (QED) is 0.227. The minimum Gasteiger partial charge on any atom is -0.496 e. The molecule has 5 aromatic rings. The molecular formula is C28H23F5N6O2. The van der Waals surface area contributed by atoms with Crippen molar-refractivity contribution in [3.05, 3.63) is 94.6 Å². The molecule has 0 bridgehead atoms. The number of hydrogen-bond donors (Lipinski definition) is 1. The van der Waals surface area contributed by atoms with Gasteiger partial charge >= 0.3 is 6.18 Å². The van der Waals surface area contributed by atoms with E-state index in [1.807, 2.05) is 0 Å². The highest BCUT2D eigenvalue weighted by Gasteiger charge is 2.30. The first-order chi connectivity index (χ1) is 19.5. The van der Waals surface area contributed by atoms with Gasteiger partial charge in [-0.2, -0.15) is 23.4 Å². The Balaban J connectivity index is 1.49. The van der Waals surface area contributed by atoms with Crippen molar-refractivity contribution in [1.29, 1.82) is 0 Å². The molecule has 212 valence electrons. The highest BCUT2D eigenvalue weighted by molar-refractivity contribution is 6.08. The molecule has 0 unspecified atom stereocenters. The average molecular weight is 571 g/mol. The van der Waals surface area contributed by atoms with Gasteiger partial charge in [-0.05, 0) is 49.7 Å². The first-order valence-electron chi connectivity index (χ1n) is 12.3. The molecule has 0 radical (unpaired) electrons. The number of alkyl halides is 5. The van der Waals surface area contributed by atoms with Crippen LogP contribution >= 0.6 is 0 Å². The molecule has 0 saturated heterocycles. The number of nitrogens with zero attached hydrogens (tertiary/aromatic N) is 5. The predicted octanol–water partition coefficient (Wildman–Crippen LogP) is 6.48. The monoisotopic (exact) mass is 570 g/mol. The van der Waals surface area contributed by atoms with Crippen molar-refractivity contribution in [1.82, 2.24) is 24.4 Å². The number of para-hydroxylation sites is 1. The van der Waals surface area contributed by atoms with Crippen LogP contribution in [0.25, 0.3) is 16.9 Å². The van der Waals surface area contributed by atoms with Crippen LogP contribution in [0.2, 0.25) is 0 Å². The number of anilines is 1. The van der Waals surface area contributed by atoms with E-state index >= 15 is 0 Å². The van der Waals surface area contributed by atoms with Gasteiger partial charge in [0, 0.05) is 5.56 Å². The largest absolute Gasteiger partial charge is 0.496 e. The molecule has 1 amide bonds. The van der Waals surface area contributed by atoms with Gasteiger partial charge in [0.1, 0.15) is 17.0 Å². The van der Waals surface area contributed by atoms with Crippen molar-refractivity contribution < 1.29 is 31.5 Å². The van der Waals surface area contributed by atoms with Crippen LogP contribution in [0.15, 0.2) is 60.8 Å². The Morgan fingerprint density at radius 1 is 1.07 bits per heavy atom. The number of fused-ring (bicyclic) bond motifs is 1. The second-order valence-electron chi connectivity index (χ2n) is 9.22. The van der Waals surface area contributed by atoms with Crippen LogP contribution in [0.3, 0.4) is 0 Å². The number of benzene rings is 2. The van der Waals surface area contributed by atoms with Crippen molar-refractivity contribution in [3.8, 4) is 17.0 Å². The van der Waals surface area contributed by atoms with Crippen molar-refractivity contribution in [2.24, 2.45) is 0 Å². The Labute approximate surface area is 230 Å². The Morgan fingerprint density at radius 2 is 1.83 bits per heavy atom. The maximum absolute atomic E-state index is 14.0. The summed E-state index contributed by atoms with van der Waals surface area (Å²) < 4.78 is 75.2. The number of amides is 1. The van der Waals surface area contributed by atoms with Crippen molar-refractivity contribution >= 4 is 17.2 Å². The maximum atomic E-state index is 14.0. The third-order valence-electron chi connectivity index (χ3n) is 6.56. The fourth-order valence-electron chi connectivity index (χ4n) is 4.53. The van der Waals surface area contributed by atoms with Gasteiger partial charge in [-0.25, -0.2) is 18.3 Å². The Kier molecular flexibility index (Phi) is 7.20. The zero-order valence-electron chi connectivity index (χ0n) is 22.0. The van der Waals surface area contributed by atoms with E-state index < -0.39 is 29.8 Å². The Morgan fingerprint density at radius 3 is 2.54 bits per heavy atom. The number of hydrogen-bond acceptors (Lipinski definition) is 5. The number of methoxy groups -OCH3 is 1. The average Bonchev–Trinajstić information content (AvgIpc) is 3.48. The van der Waals surface area contributed by atoms with E-state index in [1.165, 1.54) is 23.9 Å². The van der Waals surface area contributed by atoms with Crippen LogP contribution in [0, 0.1) is 13.8 Å². The van der Waals surface area contributed by atoms with E-state index in [1.54, 1.807) is 44.2 Å². The molecular weight excluding hydrogens is 547 g/mol. The van der Waals surface area contributed by atoms with Crippen molar-refractivity contribution in [2.45, 2.75) is 33.0 Å². The van der Waals surface area contributed by atoms with Gasteiger partial charge in [0.05, 0.1) is 48.2 Å². The van der Waals surface area contributed by atoms with Crippen LogP contribution in [-0.4, -0.2) is 37.4 Å². The van der Waals surface area contributed by atoms with E-state index in [-0.39, 0.29) is 23.4 Å². The highest BCUT2D eigenvalue weighted by atomic mass is 19.4. The topological polar surface area (TPSA) is 86.3 Å². The molecule has 3 heterocycles. The molecule has 0 aliphatic carbocycles. The molecule has 0 saturated carbocycles. The van der Waals surface area contributed by atoms with Gasteiger partial charge in [0.2, 0.25) is 0 Å². The van der Waals surface area contributed by atoms with E-state index in [0.717, 1.165) is 22.8 Å². The van der Waals surface area contributed by atoms with Crippen LogP contribution in [0.1, 0.15) is 45.0 Å². The fraction of sp³-hybridized carbons (Fsp3) is 0.214. The zero-order chi connectivity index (χ0) is 29.5. The molecule has 0 aliphatic rings. The van der Waals surface area contributed by atoms with E-state index in [9.17, 15) is 26.7 Å². The standard InChI is InChI=1S/C28H23F5N6O2/c1-15-24(16(2)38(37-15)14-17-7-6-8-18(11-17)28(31,32)33)36-27(40)20-13-34-39-22(25(29)30)12-21(35-26(20)39)19-9-4-5-10-23(19)41-3/h4-13,25H,14H2,1-3H3,(H,36,40). The Bertz CT molecular complexity index is 1760. The summed E-state index contributed by atoms with van der Waals surface area (Å²) in [5, 5.41) is 11.1. The molecule has 41 heavy (non-hydrogen) atoms. The number of aryl methyl sites for hydroxylation is 1. The molecule has 3 aromatic heterocycles. The Hall–Kier alpha value is -4.81. The molecule has 0 fully saturated rings. The number of aromatic nitrogens is 5. The van der Waals surface area contributed by atoms with Crippen LogP contribution in [-0.2, 0) is 12.7 Å². The van der Waals surface area contributed by atoms with Gasteiger partial charge in [-0.3, -0.25) is 9.48 Å². The van der Waals surface area contributed by atoms with E-state index in [0.29, 0.717) is 34.0 Å². The molecule has 8 nitrogen and oxygen atoms in total. The molecule has 0 spiro atoms. The first kappa shape index (κ1) is 27.7.